The van der Waals surface area contributed by atoms with Crippen LogP contribution in [0.15, 0.2) is 30.8 Å². The van der Waals surface area contributed by atoms with Gasteiger partial charge in [0.2, 0.25) is 0 Å². The Morgan fingerprint density at radius 2 is 2.31 bits per heavy atom. The van der Waals surface area contributed by atoms with Crippen molar-refractivity contribution in [2.45, 2.75) is 6.92 Å². The Hall–Kier alpha value is -0.950. The van der Waals surface area contributed by atoms with Crippen LogP contribution in [0.3, 0.4) is 0 Å². The van der Waals surface area contributed by atoms with Crippen molar-refractivity contribution < 1.29 is 4.74 Å². The summed E-state index contributed by atoms with van der Waals surface area (Å²) in [5.41, 5.74) is 1.96. The first-order valence-electron chi connectivity index (χ1n) is 4.25. The zero-order valence-electron chi connectivity index (χ0n) is 7.72. The number of hydrogen-bond acceptors (Lipinski definition) is 1. The fraction of sp³-hybridized carbons (Fsp3) is 0.273. The predicted octanol–water partition coefficient (Wildman–Crippen LogP) is 3.34. The lowest BCUT2D eigenvalue weighted by atomic mass is 10.1. The maximum atomic E-state index is 5.68. The maximum absolute atomic E-state index is 5.68. The van der Waals surface area contributed by atoms with Crippen molar-refractivity contribution in [2.75, 3.05) is 12.5 Å². The molecule has 0 spiro atoms. The van der Waals surface area contributed by atoms with Crippen molar-refractivity contribution in [1.29, 1.82) is 0 Å². The fourth-order valence-electron chi connectivity index (χ4n) is 1.05. The van der Waals surface area contributed by atoms with Crippen molar-refractivity contribution in [3.05, 3.63) is 36.4 Å². The molecule has 0 saturated carbocycles. The Morgan fingerprint density at radius 3 is 2.92 bits per heavy atom. The molecular weight excluding hydrogens is 184 g/mol. The molecule has 13 heavy (non-hydrogen) atoms. The number of benzene rings is 1. The summed E-state index contributed by atoms with van der Waals surface area (Å²) in [5.74, 6) is 1.32. The van der Waals surface area contributed by atoms with Crippen LogP contribution in [0, 0.1) is 0 Å². The van der Waals surface area contributed by atoms with Gasteiger partial charge in [0.25, 0.3) is 0 Å². The highest BCUT2D eigenvalue weighted by atomic mass is 35.5. The van der Waals surface area contributed by atoms with E-state index < -0.39 is 0 Å². The summed E-state index contributed by atoms with van der Waals surface area (Å²) < 4.78 is 5.36. The quantitative estimate of drug-likeness (QED) is 0.672. The van der Waals surface area contributed by atoms with Gasteiger partial charge in [-0.05, 0) is 30.2 Å². The number of alkyl halides is 1. The summed E-state index contributed by atoms with van der Waals surface area (Å²) >= 11 is 5.68. The van der Waals surface area contributed by atoms with Gasteiger partial charge < -0.3 is 4.74 Å². The molecule has 1 aromatic rings. The van der Waals surface area contributed by atoms with Gasteiger partial charge in [0.05, 0.1) is 6.61 Å². The van der Waals surface area contributed by atoms with Crippen molar-refractivity contribution in [2.24, 2.45) is 0 Å². The van der Waals surface area contributed by atoms with E-state index in [0.717, 1.165) is 16.9 Å². The number of rotatable bonds is 4. The Labute approximate surface area is 84.0 Å². The highest BCUT2D eigenvalue weighted by Crippen LogP contribution is 2.19. The van der Waals surface area contributed by atoms with Crippen molar-refractivity contribution in [1.82, 2.24) is 0 Å². The molecule has 0 unspecified atom stereocenters. The van der Waals surface area contributed by atoms with Crippen molar-refractivity contribution in [3.8, 4) is 5.75 Å². The number of ether oxygens (including phenoxy) is 1. The molecule has 0 aliphatic heterocycles. The van der Waals surface area contributed by atoms with E-state index in [9.17, 15) is 0 Å². The lowest BCUT2D eigenvalue weighted by Crippen LogP contribution is -1.92. The smallest absolute Gasteiger partial charge is 0.119 e. The zero-order valence-corrected chi connectivity index (χ0v) is 8.47. The van der Waals surface area contributed by atoms with Gasteiger partial charge in [0.1, 0.15) is 5.75 Å². The Morgan fingerprint density at radius 1 is 1.54 bits per heavy atom. The second-order valence-corrected chi connectivity index (χ2v) is 2.97. The summed E-state index contributed by atoms with van der Waals surface area (Å²) in [5, 5.41) is 0. The topological polar surface area (TPSA) is 9.23 Å². The van der Waals surface area contributed by atoms with E-state index in [-0.39, 0.29) is 0 Å². The number of allylic oxidation sites excluding steroid dienone is 1. The van der Waals surface area contributed by atoms with Gasteiger partial charge in [-0.2, -0.15) is 0 Å². The second kappa shape index (κ2) is 4.93. The lowest BCUT2D eigenvalue weighted by Gasteiger charge is -2.06. The van der Waals surface area contributed by atoms with Crippen LogP contribution in [0.25, 0.3) is 5.57 Å². The molecule has 2 heteroatoms. The number of hydrogen-bond donors (Lipinski definition) is 0. The molecule has 0 N–H and O–H groups in total. The molecule has 70 valence electrons. The molecule has 0 heterocycles. The highest BCUT2D eigenvalue weighted by molar-refractivity contribution is 6.23. The molecule has 0 atom stereocenters. The minimum atomic E-state index is 0.454. The molecule has 0 saturated heterocycles. The standard InChI is InChI=1S/C11H13ClO/c1-3-13-11-6-4-5-10(7-11)9(2)8-12/h4-7H,2-3,8H2,1H3. The summed E-state index contributed by atoms with van der Waals surface area (Å²) in [6, 6.07) is 7.80. The van der Waals surface area contributed by atoms with Gasteiger partial charge >= 0.3 is 0 Å². The van der Waals surface area contributed by atoms with Crippen LogP contribution in [0.1, 0.15) is 12.5 Å². The molecule has 0 radical (unpaired) electrons. The summed E-state index contributed by atoms with van der Waals surface area (Å²) in [6.45, 7) is 6.50. The minimum absolute atomic E-state index is 0.454. The van der Waals surface area contributed by atoms with E-state index in [1.165, 1.54) is 0 Å². The monoisotopic (exact) mass is 196 g/mol. The van der Waals surface area contributed by atoms with Crippen molar-refractivity contribution >= 4 is 17.2 Å². The first-order chi connectivity index (χ1) is 6.27. The molecule has 0 aliphatic carbocycles. The molecule has 0 aliphatic rings. The number of halogens is 1. The molecule has 1 rings (SSSR count). The lowest BCUT2D eigenvalue weighted by molar-refractivity contribution is 0.340. The van der Waals surface area contributed by atoms with E-state index in [4.69, 9.17) is 16.3 Å². The van der Waals surface area contributed by atoms with Gasteiger partial charge in [-0.15, -0.1) is 11.6 Å². The van der Waals surface area contributed by atoms with Gasteiger partial charge in [-0.1, -0.05) is 18.7 Å². The fourth-order valence-corrected chi connectivity index (χ4v) is 1.20. The van der Waals surface area contributed by atoms with E-state index in [2.05, 4.69) is 6.58 Å². The molecule has 0 amide bonds. The largest absolute Gasteiger partial charge is 0.494 e. The zero-order chi connectivity index (χ0) is 9.68. The summed E-state index contributed by atoms with van der Waals surface area (Å²) in [4.78, 5) is 0. The van der Waals surface area contributed by atoms with Crippen molar-refractivity contribution in [3.63, 3.8) is 0 Å². The maximum Gasteiger partial charge on any atom is 0.119 e. The third-order valence-electron chi connectivity index (χ3n) is 1.71. The van der Waals surface area contributed by atoms with Gasteiger partial charge in [-0.25, -0.2) is 0 Å². The van der Waals surface area contributed by atoms with Crippen LogP contribution in [0.2, 0.25) is 0 Å². The third kappa shape index (κ3) is 2.78. The SMILES string of the molecule is C=C(CCl)c1cccc(OCC)c1. The van der Waals surface area contributed by atoms with Crippen LogP contribution in [-0.2, 0) is 0 Å². The first-order valence-corrected chi connectivity index (χ1v) is 4.78. The molecule has 1 nitrogen and oxygen atoms in total. The normalized spacial score (nSPS) is 9.69. The Balaban J connectivity index is 2.85. The Kier molecular flexibility index (Phi) is 3.84. The molecular formula is C11H13ClO. The van der Waals surface area contributed by atoms with E-state index in [1.54, 1.807) is 0 Å². The third-order valence-corrected chi connectivity index (χ3v) is 2.04. The molecule has 0 fully saturated rings. The van der Waals surface area contributed by atoms with E-state index in [0.29, 0.717) is 12.5 Å². The second-order valence-electron chi connectivity index (χ2n) is 2.70. The Bertz CT molecular complexity index is 294. The van der Waals surface area contributed by atoms with Gasteiger partial charge in [-0.3, -0.25) is 0 Å². The van der Waals surface area contributed by atoms with Crippen LogP contribution in [-0.4, -0.2) is 12.5 Å². The van der Waals surface area contributed by atoms with Crippen LogP contribution >= 0.6 is 11.6 Å². The average molecular weight is 197 g/mol. The van der Waals surface area contributed by atoms with Gasteiger partial charge in [0.15, 0.2) is 0 Å². The first kappa shape index (κ1) is 10.1. The highest BCUT2D eigenvalue weighted by Gasteiger charge is 1.98. The van der Waals surface area contributed by atoms with Crippen LogP contribution < -0.4 is 4.74 Å². The van der Waals surface area contributed by atoms with E-state index in [1.807, 2.05) is 31.2 Å². The van der Waals surface area contributed by atoms with Crippen LogP contribution in [0.5, 0.6) is 5.75 Å². The van der Waals surface area contributed by atoms with Crippen LogP contribution in [0.4, 0.5) is 0 Å². The minimum Gasteiger partial charge on any atom is -0.494 e. The summed E-state index contributed by atoms with van der Waals surface area (Å²) in [6.07, 6.45) is 0. The average Bonchev–Trinajstić information content (AvgIpc) is 2.18. The molecule has 0 aromatic heterocycles. The van der Waals surface area contributed by atoms with E-state index >= 15 is 0 Å². The summed E-state index contributed by atoms with van der Waals surface area (Å²) in [7, 11) is 0. The van der Waals surface area contributed by atoms with Gasteiger partial charge in [0, 0.05) is 5.88 Å². The predicted molar refractivity (Wildman–Crippen MR) is 57.4 cm³/mol. The molecule has 1 aromatic carbocycles. The molecule has 0 bridgehead atoms.